The van der Waals surface area contributed by atoms with Crippen LogP contribution in [-0.4, -0.2) is 42.4 Å². The Labute approximate surface area is 194 Å². The first kappa shape index (κ1) is 22.8. The summed E-state index contributed by atoms with van der Waals surface area (Å²) in [4.78, 5) is 50.8. The number of imide groups is 1. The van der Waals surface area contributed by atoms with Gasteiger partial charge in [0.2, 0.25) is 5.76 Å². The van der Waals surface area contributed by atoms with E-state index in [-0.39, 0.29) is 30.2 Å². The summed E-state index contributed by atoms with van der Waals surface area (Å²) in [6.45, 7) is 1.86. The summed E-state index contributed by atoms with van der Waals surface area (Å²) in [6.07, 6.45) is 0. The first-order valence-electron chi connectivity index (χ1n) is 10.5. The van der Waals surface area contributed by atoms with Gasteiger partial charge in [-0.3, -0.25) is 14.5 Å². The van der Waals surface area contributed by atoms with Gasteiger partial charge in [0.1, 0.15) is 23.7 Å². The molecular formula is C25H21NO8. The zero-order valence-electron chi connectivity index (χ0n) is 18.5. The number of methoxy groups -OCH3 is 1. The molecule has 0 N–H and O–H groups in total. The third-order valence-electron chi connectivity index (χ3n) is 5.18. The largest absolute Gasteiger partial charge is 0.493 e. The van der Waals surface area contributed by atoms with Crippen LogP contribution in [0.2, 0.25) is 0 Å². The minimum Gasteiger partial charge on any atom is -0.493 e. The first-order chi connectivity index (χ1) is 16.4. The van der Waals surface area contributed by atoms with E-state index in [4.69, 9.17) is 13.9 Å². The lowest BCUT2D eigenvalue weighted by Crippen LogP contribution is -2.29. The van der Waals surface area contributed by atoms with Crippen molar-refractivity contribution in [2.24, 2.45) is 0 Å². The maximum absolute atomic E-state index is 12.8. The van der Waals surface area contributed by atoms with E-state index in [1.165, 1.54) is 25.3 Å². The monoisotopic (exact) mass is 463 g/mol. The second kappa shape index (κ2) is 9.62. The fourth-order valence-corrected chi connectivity index (χ4v) is 3.56. The van der Waals surface area contributed by atoms with E-state index >= 15 is 0 Å². The fourth-order valence-electron chi connectivity index (χ4n) is 3.56. The molecule has 0 radical (unpaired) electrons. The van der Waals surface area contributed by atoms with Gasteiger partial charge in [-0.25, -0.2) is 9.59 Å². The van der Waals surface area contributed by atoms with E-state index in [2.05, 4.69) is 4.74 Å². The van der Waals surface area contributed by atoms with Gasteiger partial charge in [-0.1, -0.05) is 18.2 Å². The molecule has 0 saturated carbocycles. The number of hydrogen-bond acceptors (Lipinski definition) is 8. The minimum absolute atomic E-state index is 0.00787. The summed E-state index contributed by atoms with van der Waals surface area (Å²) in [5.74, 6) is -1.56. The molecule has 1 aromatic heterocycles. The maximum atomic E-state index is 12.8. The van der Waals surface area contributed by atoms with Gasteiger partial charge in [-0.15, -0.1) is 0 Å². The van der Waals surface area contributed by atoms with Crippen LogP contribution in [0.5, 0.6) is 5.75 Å². The SMILES string of the molecule is CCOc1ccc(CN2C(=O)c3ccccc3C2=O)cc1C(=O)OCc1ccc(C(=O)OC)o1. The quantitative estimate of drug-likeness (QED) is 0.368. The van der Waals surface area contributed by atoms with Crippen molar-refractivity contribution in [2.75, 3.05) is 13.7 Å². The molecule has 0 saturated heterocycles. The van der Waals surface area contributed by atoms with Gasteiger partial charge in [0.05, 0.1) is 31.4 Å². The fraction of sp³-hybridized carbons (Fsp3) is 0.200. The Morgan fingerprint density at radius 1 is 0.941 bits per heavy atom. The van der Waals surface area contributed by atoms with Crippen LogP contribution in [0.15, 0.2) is 59.0 Å². The number of carbonyl (C=O) groups excluding carboxylic acids is 4. The lowest BCUT2D eigenvalue weighted by atomic mass is 10.1. The van der Waals surface area contributed by atoms with E-state index in [0.29, 0.717) is 29.0 Å². The lowest BCUT2D eigenvalue weighted by molar-refractivity contribution is 0.0434. The number of benzene rings is 2. The van der Waals surface area contributed by atoms with E-state index < -0.39 is 23.8 Å². The molecule has 9 heteroatoms. The first-order valence-corrected chi connectivity index (χ1v) is 10.5. The molecule has 2 amide bonds. The third kappa shape index (κ3) is 4.40. The molecule has 1 aliphatic heterocycles. The van der Waals surface area contributed by atoms with Gasteiger partial charge in [0.25, 0.3) is 11.8 Å². The molecular weight excluding hydrogens is 442 g/mol. The van der Waals surface area contributed by atoms with Crippen molar-refractivity contribution in [3.05, 3.63) is 88.4 Å². The van der Waals surface area contributed by atoms with Gasteiger partial charge in [-0.05, 0) is 48.9 Å². The average molecular weight is 463 g/mol. The van der Waals surface area contributed by atoms with E-state index in [1.807, 2.05) is 0 Å². The normalized spacial score (nSPS) is 12.5. The summed E-state index contributed by atoms with van der Waals surface area (Å²) in [5, 5.41) is 0. The van der Waals surface area contributed by atoms with Crippen LogP contribution < -0.4 is 4.74 Å². The van der Waals surface area contributed by atoms with Gasteiger partial charge in [0.15, 0.2) is 0 Å². The molecule has 4 rings (SSSR count). The van der Waals surface area contributed by atoms with Crippen LogP contribution >= 0.6 is 0 Å². The van der Waals surface area contributed by atoms with Crippen molar-refractivity contribution >= 4 is 23.8 Å². The number of furan rings is 1. The Kier molecular flexibility index (Phi) is 6.44. The summed E-state index contributed by atoms with van der Waals surface area (Å²) in [5.41, 5.74) is 1.39. The number of fused-ring (bicyclic) bond motifs is 1. The number of nitrogens with zero attached hydrogens (tertiary/aromatic N) is 1. The second-order valence-corrected chi connectivity index (χ2v) is 7.34. The van der Waals surface area contributed by atoms with E-state index in [1.54, 1.807) is 43.3 Å². The Hall–Kier alpha value is -4.40. The number of carbonyl (C=O) groups is 4. The summed E-state index contributed by atoms with van der Waals surface area (Å²) in [7, 11) is 1.23. The zero-order chi connectivity index (χ0) is 24.2. The third-order valence-corrected chi connectivity index (χ3v) is 5.18. The van der Waals surface area contributed by atoms with Crippen LogP contribution in [0.3, 0.4) is 0 Å². The topological polar surface area (TPSA) is 112 Å². The Morgan fingerprint density at radius 3 is 2.29 bits per heavy atom. The second-order valence-electron chi connectivity index (χ2n) is 7.34. The minimum atomic E-state index is -0.691. The van der Waals surface area contributed by atoms with Crippen molar-refractivity contribution < 1.29 is 37.8 Å². The van der Waals surface area contributed by atoms with Crippen LogP contribution in [0.1, 0.15) is 59.9 Å². The highest BCUT2D eigenvalue weighted by Crippen LogP contribution is 2.27. The summed E-state index contributed by atoms with van der Waals surface area (Å²) >= 11 is 0. The van der Waals surface area contributed by atoms with Crippen LogP contribution in [0.25, 0.3) is 0 Å². The molecule has 2 heterocycles. The van der Waals surface area contributed by atoms with E-state index in [9.17, 15) is 19.2 Å². The Bertz CT molecular complexity index is 1240. The number of amides is 2. The molecule has 34 heavy (non-hydrogen) atoms. The number of rotatable bonds is 8. The van der Waals surface area contributed by atoms with Crippen LogP contribution in [0.4, 0.5) is 0 Å². The number of esters is 2. The molecule has 0 unspecified atom stereocenters. The van der Waals surface area contributed by atoms with Crippen molar-refractivity contribution in [3.63, 3.8) is 0 Å². The highest BCUT2D eigenvalue weighted by Gasteiger charge is 2.35. The molecule has 0 atom stereocenters. The van der Waals surface area contributed by atoms with Gasteiger partial charge in [-0.2, -0.15) is 0 Å². The van der Waals surface area contributed by atoms with Crippen molar-refractivity contribution in [1.82, 2.24) is 4.90 Å². The van der Waals surface area contributed by atoms with Gasteiger partial charge < -0.3 is 18.6 Å². The van der Waals surface area contributed by atoms with Crippen LogP contribution in [-0.2, 0) is 22.6 Å². The number of hydrogen-bond donors (Lipinski definition) is 0. The molecule has 174 valence electrons. The standard InChI is InChI=1S/C25H21NO8/c1-3-32-20-10-8-15(13-26-22(27)17-6-4-5-7-18(17)23(26)28)12-19(20)24(29)33-14-16-9-11-21(34-16)25(30)31-2/h4-12H,3,13-14H2,1-2H3. The lowest BCUT2D eigenvalue weighted by Gasteiger charge is -2.16. The molecule has 1 aliphatic rings. The smallest absolute Gasteiger partial charge is 0.373 e. The summed E-state index contributed by atoms with van der Waals surface area (Å²) in [6, 6.07) is 14.3. The van der Waals surface area contributed by atoms with Gasteiger partial charge >= 0.3 is 11.9 Å². The zero-order valence-corrected chi connectivity index (χ0v) is 18.5. The van der Waals surface area contributed by atoms with E-state index in [0.717, 1.165) is 4.90 Å². The van der Waals surface area contributed by atoms with Crippen molar-refractivity contribution in [3.8, 4) is 5.75 Å². The van der Waals surface area contributed by atoms with Crippen molar-refractivity contribution in [1.29, 1.82) is 0 Å². The molecule has 9 nitrogen and oxygen atoms in total. The highest BCUT2D eigenvalue weighted by atomic mass is 16.6. The summed E-state index contributed by atoms with van der Waals surface area (Å²) < 4.78 is 20.8. The molecule has 0 fully saturated rings. The molecule has 3 aromatic rings. The van der Waals surface area contributed by atoms with Gasteiger partial charge in [0, 0.05) is 0 Å². The highest BCUT2D eigenvalue weighted by molar-refractivity contribution is 6.21. The molecule has 0 bridgehead atoms. The molecule has 0 aliphatic carbocycles. The molecule has 0 spiro atoms. The average Bonchev–Trinajstić information content (AvgIpc) is 3.42. The number of ether oxygens (including phenoxy) is 3. The Balaban J connectivity index is 1.51. The molecule has 2 aromatic carbocycles. The van der Waals surface area contributed by atoms with Crippen LogP contribution in [0, 0.1) is 0 Å². The van der Waals surface area contributed by atoms with Crippen molar-refractivity contribution in [2.45, 2.75) is 20.1 Å². The Morgan fingerprint density at radius 2 is 1.65 bits per heavy atom. The maximum Gasteiger partial charge on any atom is 0.373 e. The predicted molar refractivity (Wildman–Crippen MR) is 117 cm³/mol. The predicted octanol–water partition coefficient (Wildman–Crippen LogP) is 3.62.